The van der Waals surface area contributed by atoms with Gasteiger partial charge in [0, 0.05) is 34.8 Å². The fraction of sp³-hybridized carbons (Fsp3) is 0.438. The summed E-state index contributed by atoms with van der Waals surface area (Å²) in [6, 6.07) is 14.7. The van der Waals surface area contributed by atoms with E-state index in [9.17, 15) is 4.79 Å². The summed E-state index contributed by atoms with van der Waals surface area (Å²) in [5.74, 6) is 2.25. The van der Waals surface area contributed by atoms with Gasteiger partial charge in [-0.3, -0.25) is 4.79 Å². The minimum absolute atomic E-state index is 0.0877. The van der Waals surface area contributed by atoms with E-state index in [0.29, 0.717) is 18.1 Å². The first kappa shape index (κ1) is 24.8. The van der Waals surface area contributed by atoms with Crippen LogP contribution >= 0.6 is 0 Å². The predicted molar refractivity (Wildman–Crippen MR) is 152 cm³/mol. The first-order valence-corrected chi connectivity index (χ1v) is 14.0. The van der Waals surface area contributed by atoms with Crippen LogP contribution in [0, 0.1) is 13.8 Å². The second-order valence-corrected chi connectivity index (χ2v) is 11.6. The van der Waals surface area contributed by atoms with Gasteiger partial charge in [-0.2, -0.15) is 0 Å². The molecule has 198 valence electrons. The highest BCUT2D eigenvalue weighted by Gasteiger charge is 2.31. The number of rotatable bonds is 4. The quantitative estimate of drug-likeness (QED) is 0.330. The molecule has 1 saturated carbocycles. The van der Waals surface area contributed by atoms with Crippen molar-refractivity contribution in [3.05, 3.63) is 70.8 Å². The van der Waals surface area contributed by atoms with Crippen LogP contribution in [0.3, 0.4) is 0 Å². The molecule has 0 bridgehead atoms. The molecule has 2 aromatic heterocycles. The van der Waals surface area contributed by atoms with Gasteiger partial charge in [-0.15, -0.1) is 0 Å². The zero-order valence-electron chi connectivity index (χ0n) is 23.2. The number of ether oxygens (including phenoxy) is 1. The van der Waals surface area contributed by atoms with Crippen LogP contribution in [-0.4, -0.2) is 26.6 Å². The zero-order valence-corrected chi connectivity index (χ0v) is 23.2. The number of nitrogens with one attached hydrogen (secondary N) is 1. The fourth-order valence-corrected chi connectivity index (χ4v) is 6.57. The van der Waals surface area contributed by atoms with Crippen molar-refractivity contribution >= 4 is 16.8 Å². The molecule has 2 aromatic carbocycles. The Bertz CT molecular complexity index is 1530. The van der Waals surface area contributed by atoms with Gasteiger partial charge in [0.05, 0.1) is 23.5 Å². The molecule has 0 atom stereocenters. The minimum atomic E-state index is -0.615. The Balaban J connectivity index is 1.45. The highest BCUT2D eigenvalue weighted by atomic mass is 16.5. The number of amides is 1. The van der Waals surface area contributed by atoms with Crippen LogP contribution in [0.25, 0.3) is 22.2 Å². The second kappa shape index (κ2) is 9.33. The van der Waals surface area contributed by atoms with E-state index in [1.807, 2.05) is 40.0 Å². The summed E-state index contributed by atoms with van der Waals surface area (Å²) in [4.78, 5) is 18.4. The molecule has 38 heavy (non-hydrogen) atoms. The molecule has 0 unspecified atom stereocenters. The van der Waals surface area contributed by atoms with Crippen molar-refractivity contribution in [1.29, 1.82) is 0 Å². The zero-order chi connectivity index (χ0) is 26.6. The monoisotopic (exact) mass is 510 g/mol. The van der Waals surface area contributed by atoms with E-state index in [4.69, 9.17) is 9.72 Å². The number of hydrogen-bond donors (Lipinski definition) is 1. The van der Waals surface area contributed by atoms with E-state index in [1.165, 1.54) is 48.7 Å². The van der Waals surface area contributed by atoms with Crippen molar-refractivity contribution in [3.63, 3.8) is 0 Å². The Hall–Kier alpha value is -3.54. The SMILES string of the molecule is Cc1nc(C(C)(C)NC(=O)c2ccc3c(C4CCCCC4)c4n(c3c2)CCOc2ccccc2-4)n(C)c1C. The largest absolute Gasteiger partial charge is 0.491 e. The van der Waals surface area contributed by atoms with Crippen molar-refractivity contribution in [1.82, 2.24) is 19.4 Å². The molecule has 0 radical (unpaired) electrons. The molecule has 1 fully saturated rings. The number of imidazole rings is 1. The molecule has 0 spiro atoms. The summed E-state index contributed by atoms with van der Waals surface area (Å²) < 4.78 is 10.7. The van der Waals surface area contributed by atoms with Gasteiger partial charge in [0.2, 0.25) is 0 Å². The third-order valence-corrected chi connectivity index (χ3v) is 8.70. The number of carbonyl (C=O) groups excluding carboxylic acids is 1. The van der Waals surface area contributed by atoms with Crippen LogP contribution in [0.15, 0.2) is 42.5 Å². The van der Waals surface area contributed by atoms with Crippen molar-refractivity contribution in [2.75, 3.05) is 6.61 Å². The van der Waals surface area contributed by atoms with Crippen LogP contribution in [0.2, 0.25) is 0 Å². The van der Waals surface area contributed by atoms with Crippen molar-refractivity contribution in [2.45, 2.75) is 77.8 Å². The van der Waals surface area contributed by atoms with Crippen LogP contribution in [0.4, 0.5) is 0 Å². The minimum Gasteiger partial charge on any atom is -0.491 e. The number of para-hydroxylation sites is 1. The van der Waals surface area contributed by atoms with Crippen LogP contribution < -0.4 is 10.1 Å². The third kappa shape index (κ3) is 4.01. The number of benzene rings is 2. The van der Waals surface area contributed by atoms with Crippen molar-refractivity contribution in [3.8, 4) is 17.0 Å². The van der Waals surface area contributed by atoms with E-state index in [2.05, 4.69) is 51.7 Å². The summed E-state index contributed by atoms with van der Waals surface area (Å²) >= 11 is 0. The molecule has 2 aliphatic rings. The van der Waals surface area contributed by atoms with E-state index in [1.54, 1.807) is 0 Å². The van der Waals surface area contributed by atoms with Gasteiger partial charge in [-0.1, -0.05) is 37.5 Å². The number of carbonyl (C=O) groups is 1. The maximum absolute atomic E-state index is 13.6. The molecule has 1 aliphatic carbocycles. The lowest BCUT2D eigenvalue weighted by Gasteiger charge is -2.26. The molecule has 6 rings (SSSR count). The number of hydrogen-bond acceptors (Lipinski definition) is 3. The summed E-state index contributed by atoms with van der Waals surface area (Å²) in [6.07, 6.45) is 6.30. The lowest BCUT2D eigenvalue weighted by molar-refractivity contribution is 0.0907. The van der Waals surface area contributed by atoms with Gasteiger partial charge in [-0.05, 0) is 76.3 Å². The molecule has 1 N–H and O–H groups in total. The van der Waals surface area contributed by atoms with E-state index < -0.39 is 5.54 Å². The molecule has 3 heterocycles. The van der Waals surface area contributed by atoms with Gasteiger partial charge in [-0.25, -0.2) is 4.98 Å². The number of fused-ring (bicyclic) bond motifs is 5. The van der Waals surface area contributed by atoms with Gasteiger partial charge in [0.25, 0.3) is 5.91 Å². The average molecular weight is 511 g/mol. The number of aryl methyl sites for hydroxylation is 1. The molecule has 6 nitrogen and oxygen atoms in total. The number of aromatic nitrogens is 3. The molecule has 0 saturated heterocycles. The molecular weight excluding hydrogens is 472 g/mol. The highest BCUT2D eigenvalue weighted by molar-refractivity contribution is 6.01. The summed E-state index contributed by atoms with van der Waals surface area (Å²) in [5, 5.41) is 4.53. The Morgan fingerprint density at radius 2 is 1.84 bits per heavy atom. The molecular formula is C32H38N4O2. The summed E-state index contributed by atoms with van der Waals surface area (Å²) in [6.45, 7) is 9.47. The smallest absolute Gasteiger partial charge is 0.252 e. The van der Waals surface area contributed by atoms with Gasteiger partial charge >= 0.3 is 0 Å². The lowest BCUT2D eigenvalue weighted by atomic mass is 9.81. The highest BCUT2D eigenvalue weighted by Crippen LogP contribution is 2.47. The maximum atomic E-state index is 13.6. The van der Waals surface area contributed by atoms with Crippen LogP contribution in [0.5, 0.6) is 5.75 Å². The van der Waals surface area contributed by atoms with E-state index in [0.717, 1.165) is 40.6 Å². The standard InChI is InChI=1S/C32H38N4O2/c1-20-21(2)35(5)31(33-20)32(3,4)34-30(37)23-15-16-24-26(19-23)36-17-18-38-27-14-10-9-13-25(27)29(36)28(24)22-11-7-6-8-12-22/h9-10,13-16,19,22H,6-8,11-12,17-18H2,1-5H3,(H,34,37). The Morgan fingerprint density at radius 3 is 2.58 bits per heavy atom. The van der Waals surface area contributed by atoms with E-state index in [-0.39, 0.29) is 5.91 Å². The van der Waals surface area contributed by atoms with Crippen molar-refractivity contribution < 1.29 is 9.53 Å². The molecule has 6 heteroatoms. The maximum Gasteiger partial charge on any atom is 0.252 e. The molecule has 4 aromatic rings. The van der Waals surface area contributed by atoms with Crippen LogP contribution in [-0.2, 0) is 19.1 Å². The Labute approximate surface area is 225 Å². The molecule has 1 aliphatic heterocycles. The first-order chi connectivity index (χ1) is 18.3. The van der Waals surface area contributed by atoms with Gasteiger partial charge in [0.15, 0.2) is 0 Å². The molecule has 1 amide bonds. The van der Waals surface area contributed by atoms with Gasteiger partial charge in [0.1, 0.15) is 18.2 Å². The van der Waals surface area contributed by atoms with Gasteiger partial charge < -0.3 is 19.2 Å². The fourth-order valence-electron chi connectivity index (χ4n) is 6.57. The lowest BCUT2D eigenvalue weighted by Crippen LogP contribution is -2.42. The first-order valence-electron chi connectivity index (χ1n) is 14.0. The van der Waals surface area contributed by atoms with Crippen molar-refractivity contribution in [2.24, 2.45) is 7.05 Å². The normalized spacial score (nSPS) is 16.0. The average Bonchev–Trinajstić information content (AvgIpc) is 3.29. The van der Waals surface area contributed by atoms with Crippen LogP contribution in [0.1, 0.15) is 85.0 Å². The second-order valence-electron chi connectivity index (χ2n) is 11.6. The summed E-state index contributed by atoms with van der Waals surface area (Å²) in [5.41, 5.74) is 7.14. The Kier molecular flexibility index (Phi) is 6.09. The summed E-state index contributed by atoms with van der Waals surface area (Å²) in [7, 11) is 2.01. The Morgan fingerprint density at radius 1 is 1.08 bits per heavy atom. The topological polar surface area (TPSA) is 61.1 Å². The number of nitrogens with zero attached hydrogens (tertiary/aromatic N) is 3. The predicted octanol–water partition coefficient (Wildman–Crippen LogP) is 6.76. The third-order valence-electron chi connectivity index (χ3n) is 8.70. The van der Waals surface area contributed by atoms with E-state index >= 15 is 0 Å².